The standard InChI is InChI=1S/C40H68O11/c1-8-29(41)19-31-23(2)15-17-40(50-31)22-34-27(6)32(51-40)21-33-28(18-25(4)38(46)49-33)12-10-9-11-16-39(7,47)35(43)20-30(42)26(5)37(45)24(3)13-14-36(44)48-34/h10,12-14,23-35,37-38,41-43,45-47H,8-9,11,15-22H2,1-7H3. The first-order chi connectivity index (χ1) is 23.9. The molecule has 3 saturated heterocycles. The van der Waals surface area contributed by atoms with E-state index in [2.05, 4.69) is 19.1 Å². The Balaban J connectivity index is 1.65. The van der Waals surface area contributed by atoms with Crippen LogP contribution >= 0.6 is 0 Å². The smallest absolute Gasteiger partial charge is 0.330 e. The van der Waals surface area contributed by atoms with E-state index in [0.717, 1.165) is 6.42 Å². The summed E-state index contributed by atoms with van der Waals surface area (Å²) in [6.07, 6.45) is 6.24. The summed E-state index contributed by atoms with van der Waals surface area (Å²) in [5.41, 5.74) is -1.44. The topological polar surface area (TPSA) is 175 Å². The van der Waals surface area contributed by atoms with E-state index in [1.165, 1.54) is 6.08 Å². The van der Waals surface area contributed by atoms with Crippen LogP contribution in [0.1, 0.15) is 119 Å². The van der Waals surface area contributed by atoms with E-state index in [0.29, 0.717) is 57.8 Å². The molecule has 2 bridgehead atoms. The quantitative estimate of drug-likeness (QED) is 0.178. The van der Waals surface area contributed by atoms with Crippen molar-refractivity contribution >= 4 is 5.97 Å². The Labute approximate surface area is 305 Å². The van der Waals surface area contributed by atoms with Gasteiger partial charge in [-0.2, -0.15) is 0 Å². The predicted molar refractivity (Wildman–Crippen MR) is 192 cm³/mol. The number of carbonyl (C=O) groups is 1. The highest BCUT2D eigenvalue weighted by Gasteiger charge is 2.52. The number of allylic oxidation sites excluding steroid dienone is 1. The second kappa shape index (κ2) is 18.3. The number of hydrogen-bond donors (Lipinski definition) is 6. The number of rotatable bonds is 3. The van der Waals surface area contributed by atoms with Gasteiger partial charge < -0.3 is 49.6 Å². The van der Waals surface area contributed by atoms with Crippen LogP contribution in [0.3, 0.4) is 0 Å². The van der Waals surface area contributed by atoms with Crippen molar-refractivity contribution in [2.75, 3.05) is 0 Å². The first-order valence-corrected chi connectivity index (χ1v) is 19.6. The average molecular weight is 725 g/mol. The van der Waals surface area contributed by atoms with Crippen LogP contribution in [0.4, 0.5) is 0 Å². The van der Waals surface area contributed by atoms with Crippen LogP contribution in [0.25, 0.3) is 0 Å². The van der Waals surface area contributed by atoms with Crippen molar-refractivity contribution in [1.29, 1.82) is 0 Å². The maximum Gasteiger partial charge on any atom is 0.330 e. The molecule has 294 valence electrons. The molecule has 4 heterocycles. The molecule has 11 nitrogen and oxygen atoms in total. The van der Waals surface area contributed by atoms with Crippen molar-refractivity contribution in [1.82, 2.24) is 0 Å². The zero-order chi connectivity index (χ0) is 37.7. The minimum Gasteiger partial charge on any atom is -0.459 e. The average Bonchev–Trinajstić information content (AvgIpc) is 3.08. The van der Waals surface area contributed by atoms with Gasteiger partial charge in [-0.1, -0.05) is 59.8 Å². The zero-order valence-electron chi connectivity index (χ0n) is 32.0. The van der Waals surface area contributed by atoms with Crippen molar-refractivity contribution in [3.63, 3.8) is 0 Å². The van der Waals surface area contributed by atoms with Gasteiger partial charge in [0.2, 0.25) is 0 Å². The van der Waals surface area contributed by atoms with E-state index in [1.807, 2.05) is 20.8 Å². The maximum atomic E-state index is 13.4. The molecule has 4 rings (SSSR count). The van der Waals surface area contributed by atoms with Gasteiger partial charge in [0, 0.05) is 61.3 Å². The minimum absolute atomic E-state index is 0.0192. The predicted octanol–water partition coefficient (Wildman–Crippen LogP) is 4.54. The van der Waals surface area contributed by atoms with Crippen molar-refractivity contribution in [2.45, 2.75) is 186 Å². The molecule has 0 radical (unpaired) electrons. The van der Waals surface area contributed by atoms with Gasteiger partial charge in [0.05, 0.1) is 48.3 Å². The van der Waals surface area contributed by atoms with E-state index in [1.54, 1.807) is 26.8 Å². The molecule has 0 aliphatic carbocycles. The first kappa shape index (κ1) is 42.3. The van der Waals surface area contributed by atoms with Crippen LogP contribution in [0, 0.1) is 35.5 Å². The molecule has 0 aromatic heterocycles. The van der Waals surface area contributed by atoms with Gasteiger partial charge in [0.25, 0.3) is 0 Å². The third kappa shape index (κ3) is 11.1. The molecule has 0 aromatic carbocycles. The summed E-state index contributed by atoms with van der Waals surface area (Å²) in [5.74, 6) is -2.85. The van der Waals surface area contributed by atoms with Crippen molar-refractivity contribution < 1.29 is 54.4 Å². The summed E-state index contributed by atoms with van der Waals surface area (Å²) in [6.45, 7) is 13.0. The third-order valence-electron chi connectivity index (χ3n) is 12.5. The summed E-state index contributed by atoms with van der Waals surface area (Å²) in [5, 5.41) is 65.2. The summed E-state index contributed by atoms with van der Waals surface area (Å²) in [6, 6.07) is 0. The lowest BCUT2D eigenvalue weighted by Gasteiger charge is -2.52. The molecular formula is C40H68O11. The van der Waals surface area contributed by atoms with E-state index in [-0.39, 0.29) is 42.3 Å². The SMILES string of the molecule is CCC(O)CC1OC2(CCC1C)CC1OC(=O)C=CC(C)C(O)C(C)C(O)CC(O)C(C)(O)CCCC=CC3CC(C)C(O)OC3CC(O2)C1C. The Bertz CT molecular complexity index is 1160. The van der Waals surface area contributed by atoms with Crippen LogP contribution in [0.15, 0.2) is 24.3 Å². The third-order valence-corrected chi connectivity index (χ3v) is 12.5. The van der Waals surface area contributed by atoms with Crippen LogP contribution in [0.2, 0.25) is 0 Å². The zero-order valence-corrected chi connectivity index (χ0v) is 32.0. The molecule has 0 amide bonds. The van der Waals surface area contributed by atoms with E-state index in [4.69, 9.17) is 18.9 Å². The second-order valence-corrected chi connectivity index (χ2v) is 16.8. The Morgan fingerprint density at radius 2 is 1.63 bits per heavy atom. The molecule has 6 N–H and O–H groups in total. The molecule has 51 heavy (non-hydrogen) atoms. The number of aliphatic hydroxyl groups is 6. The molecule has 3 fully saturated rings. The molecule has 1 spiro atoms. The molecule has 17 unspecified atom stereocenters. The monoisotopic (exact) mass is 724 g/mol. The van der Waals surface area contributed by atoms with E-state index < -0.39 is 72.1 Å². The fraction of sp³-hybridized carbons (Fsp3) is 0.875. The highest BCUT2D eigenvalue weighted by molar-refractivity contribution is 5.82. The largest absolute Gasteiger partial charge is 0.459 e. The summed E-state index contributed by atoms with van der Waals surface area (Å²) >= 11 is 0. The lowest BCUT2D eigenvalue weighted by atomic mass is 9.78. The Kier molecular flexibility index (Phi) is 15.2. The van der Waals surface area contributed by atoms with Crippen LogP contribution < -0.4 is 0 Å². The highest BCUT2D eigenvalue weighted by atomic mass is 16.7. The molecule has 0 aromatic rings. The van der Waals surface area contributed by atoms with E-state index >= 15 is 0 Å². The number of esters is 1. The molecule has 17 atom stereocenters. The number of aliphatic hydroxyl groups excluding tert-OH is 5. The lowest BCUT2D eigenvalue weighted by Crippen LogP contribution is -2.58. The number of fused-ring (bicyclic) bond motifs is 3. The van der Waals surface area contributed by atoms with Gasteiger partial charge in [-0.05, 0) is 57.8 Å². The van der Waals surface area contributed by atoms with Crippen LogP contribution in [-0.4, -0.2) is 103 Å². The molecular weight excluding hydrogens is 656 g/mol. The fourth-order valence-corrected chi connectivity index (χ4v) is 8.34. The molecule has 0 saturated carbocycles. The minimum atomic E-state index is -1.44. The Morgan fingerprint density at radius 1 is 0.902 bits per heavy atom. The van der Waals surface area contributed by atoms with Crippen molar-refractivity contribution in [3.8, 4) is 0 Å². The van der Waals surface area contributed by atoms with Gasteiger partial charge >= 0.3 is 5.97 Å². The molecule has 4 aliphatic rings. The first-order valence-electron chi connectivity index (χ1n) is 19.6. The van der Waals surface area contributed by atoms with Crippen LogP contribution in [-0.2, 0) is 23.7 Å². The lowest BCUT2D eigenvalue weighted by molar-refractivity contribution is -0.351. The number of carbonyl (C=O) groups excluding carboxylic acids is 1. The molecule has 11 heteroatoms. The van der Waals surface area contributed by atoms with Gasteiger partial charge in [-0.3, -0.25) is 0 Å². The van der Waals surface area contributed by atoms with Crippen LogP contribution in [0.5, 0.6) is 0 Å². The van der Waals surface area contributed by atoms with Gasteiger partial charge in [0.1, 0.15) is 6.10 Å². The van der Waals surface area contributed by atoms with Crippen molar-refractivity contribution in [3.05, 3.63) is 24.3 Å². The highest BCUT2D eigenvalue weighted by Crippen LogP contribution is 2.47. The second-order valence-electron chi connectivity index (χ2n) is 16.8. The van der Waals surface area contributed by atoms with Gasteiger partial charge in [-0.15, -0.1) is 0 Å². The Morgan fingerprint density at radius 3 is 2.33 bits per heavy atom. The summed E-state index contributed by atoms with van der Waals surface area (Å²) < 4.78 is 26.1. The number of hydrogen-bond acceptors (Lipinski definition) is 11. The fourth-order valence-electron chi connectivity index (χ4n) is 8.34. The van der Waals surface area contributed by atoms with Crippen molar-refractivity contribution in [2.24, 2.45) is 35.5 Å². The summed E-state index contributed by atoms with van der Waals surface area (Å²) in [4.78, 5) is 13.4. The van der Waals surface area contributed by atoms with Gasteiger partial charge in [-0.25, -0.2) is 4.79 Å². The normalized spacial score (nSPS) is 47.4. The number of ether oxygens (including phenoxy) is 4. The maximum absolute atomic E-state index is 13.4. The van der Waals surface area contributed by atoms with Gasteiger partial charge in [0.15, 0.2) is 12.1 Å². The molecule has 4 aliphatic heterocycles. The Hall–Kier alpha value is -1.41. The van der Waals surface area contributed by atoms with E-state index in [9.17, 15) is 35.4 Å². The summed E-state index contributed by atoms with van der Waals surface area (Å²) in [7, 11) is 0.